The predicted molar refractivity (Wildman–Crippen MR) is 114 cm³/mol. The Balaban J connectivity index is 1.69. The maximum Gasteiger partial charge on any atom is 0.162 e. The summed E-state index contributed by atoms with van der Waals surface area (Å²) in [5, 5.41) is 0. The first-order valence-corrected chi connectivity index (χ1v) is 9.83. The molecule has 5 heteroatoms. The summed E-state index contributed by atoms with van der Waals surface area (Å²) in [6, 6.07) is 16.2. The van der Waals surface area contributed by atoms with Crippen LogP contribution in [0.2, 0.25) is 0 Å². The molecule has 0 radical (unpaired) electrons. The van der Waals surface area contributed by atoms with Gasteiger partial charge < -0.3 is 16.2 Å². The topological polar surface area (TPSA) is 87.0 Å². The Bertz CT molecular complexity index is 963. The molecule has 0 atom stereocenters. The lowest BCUT2D eigenvalue weighted by Crippen LogP contribution is -2.06. The van der Waals surface area contributed by atoms with Crippen LogP contribution in [0.1, 0.15) is 43.6 Å². The highest BCUT2D eigenvalue weighted by Crippen LogP contribution is 2.35. The highest BCUT2D eigenvalue weighted by atomic mass is 16.5. The van der Waals surface area contributed by atoms with E-state index in [-0.39, 0.29) is 0 Å². The van der Waals surface area contributed by atoms with Crippen LogP contribution in [0.3, 0.4) is 0 Å². The summed E-state index contributed by atoms with van der Waals surface area (Å²) < 4.78 is 5.32. The van der Waals surface area contributed by atoms with Gasteiger partial charge in [-0.25, -0.2) is 9.97 Å². The lowest BCUT2D eigenvalue weighted by Gasteiger charge is -2.22. The van der Waals surface area contributed by atoms with Crippen LogP contribution in [0.15, 0.2) is 48.5 Å². The molecule has 1 fully saturated rings. The zero-order chi connectivity index (χ0) is 19.5. The van der Waals surface area contributed by atoms with Gasteiger partial charge in [0.05, 0.1) is 12.8 Å². The van der Waals surface area contributed by atoms with Crippen LogP contribution in [-0.2, 0) is 0 Å². The zero-order valence-corrected chi connectivity index (χ0v) is 16.2. The molecule has 1 saturated carbocycles. The van der Waals surface area contributed by atoms with E-state index in [2.05, 4.69) is 29.2 Å². The van der Waals surface area contributed by atoms with Gasteiger partial charge in [-0.15, -0.1) is 0 Å². The molecule has 4 N–H and O–H groups in total. The minimum Gasteiger partial charge on any atom is -0.497 e. The van der Waals surface area contributed by atoms with Crippen molar-refractivity contribution in [3.8, 4) is 28.4 Å². The van der Waals surface area contributed by atoms with Crippen LogP contribution in [0.4, 0.5) is 11.5 Å². The predicted octanol–water partition coefficient (Wildman–Crippen LogP) is 5.03. The molecule has 144 valence electrons. The van der Waals surface area contributed by atoms with Crippen molar-refractivity contribution in [2.24, 2.45) is 0 Å². The fourth-order valence-corrected chi connectivity index (χ4v) is 3.95. The second kappa shape index (κ2) is 7.89. The molecule has 3 aromatic rings. The van der Waals surface area contributed by atoms with E-state index in [1.165, 1.54) is 37.7 Å². The van der Waals surface area contributed by atoms with E-state index < -0.39 is 0 Å². The standard InChI is InChI=1S/C23H26N4O/c1-28-19-9-5-8-18(14-19)21-20(24)22(25)27-23(26-21)17-12-10-16(11-13-17)15-6-3-2-4-7-15/h5,8-15H,2-4,6-7,24H2,1H3,(H2,25,26,27). The Morgan fingerprint density at radius 1 is 0.893 bits per heavy atom. The highest BCUT2D eigenvalue weighted by molar-refractivity contribution is 5.82. The van der Waals surface area contributed by atoms with Crippen molar-refractivity contribution in [2.45, 2.75) is 38.0 Å². The average molecular weight is 374 g/mol. The van der Waals surface area contributed by atoms with Gasteiger partial charge >= 0.3 is 0 Å². The van der Waals surface area contributed by atoms with Gasteiger partial charge in [0.25, 0.3) is 0 Å². The van der Waals surface area contributed by atoms with Gasteiger partial charge in [0.15, 0.2) is 11.6 Å². The Morgan fingerprint density at radius 2 is 1.64 bits per heavy atom. The summed E-state index contributed by atoms with van der Waals surface area (Å²) in [4.78, 5) is 9.14. The smallest absolute Gasteiger partial charge is 0.162 e. The number of rotatable bonds is 4. The number of nitrogen functional groups attached to an aromatic ring is 2. The van der Waals surface area contributed by atoms with E-state index in [1.54, 1.807) is 7.11 Å². The van der Waals surface area contributed by atoms with Crippen molar-refractivity contribution in [3.63, 3.8) is 0 Å². The molecule has 1 aromatic heterocycles. The number of hydrogen-bond donors (Lipinski definition) is 2. The molecule has 1 aliphatic rings. The van der Waals surface area contributed by atoms with Crippen molar-refractivity contribution in [2.75, 3.05) is 18.6 Å². The summed E-state index contributed by atoms with van der Waals surface area (Å²) in [5.74, 6) is 2.29. The number of methoxy groups -OCH3 is 1. The quantitative estimate of drug-likeness (QED) is 0.669. The summed E-state index contributed by atoms with van der Waals surface area (Å²) in [6.07, 6.45) is 6.58. The molecule has 0 bridgehead atoms. The Hall–Kier alpha value is -3.08. The first-order chi connectivity index (χ1) is 13.7. The fourth-order valence-electron chi connectivity index (χ4n) is 3.95. The minimum absolute atomic E-state index is 0.291. The highest BCUT2D eigenvalue weighted by Gasteiger charge is 2.17. The molecule has 1 heterocycles. The maximum absolute atomic E-state index is 6.18. The number of aromatic nitrogens is 2. The molecule has 2 aromatic carbocycles. The molecule has 0 aliphatic heterocycles. The number of nitrogens with zero attached hydrogens (tertiary/aromatic N) is 2. The normalized spacial score (nSPS) is 14.8. The van der Waals surface area contributed by atoms with E-state index in [1.807, 2.05) is 24.3 Å². The number of anilines is 2. The van der Waals surface area contributed by atoms with Crippen molar-refractivity contribution in [1.29, 1.82) is 0 Å². The lowest BCUT2D eigenvalue weighted by atomic mass is 9.84. The third-order valence-corrected chi connectivity index (χ3v) is 5.56. The molecule has 1 aliphatic carbocycles. The number of hydrogen-bond acceptors (Lipinski definition) is 5. The number of ether oxygens (including phenoxy) is 1. The van der Waals surface area contributed by atoms with Gasteiger partial charge in [-0.05, 0) is 36.5 Å². The minimum atomic E-state index is 0.291. The van der Waals surface area contributed by atoms with E-state index in [9.17, 15) is 0 Å². The average Bonchev–Trinajstić information content (AvgIpc) is 2.76. The molecule has 0 unspecified atom stereocenters. The van der Waals surface area contributed by atoms with Crippen LogP contribution < -0.4 is 16.2 Å². The van der Waals surface area contributed by atoms with Crippen molar-refractivity contribution < 1.29 is 4.74 Å². The van der Waals surface area contributed by atoms with E-state index in [0.29, 0.717) is 28.9 Å². The molecule has 0 saturated heterocycles. The molecule has 4 rings (SSSR count). The van der Waals surface area contributed by atoms with Crippen molar-refractivity contribution >= 4 is 11.5 Å². The third kappa shape index (κ3) is 3.65. The van der Waals surface area contributed by atoms with Gasteiger partial charge in [-0.1, -0.05) is 55.7 Å². The van der Waals surface area contributed by atoms with Gasteiger partial charge in [0.2, 0.25) is 0 Å². The summed E-state index contributed by atoms with van der Waals surface area (Å²) in [7, 11) is 1.64. The largest absolute Gasteiger partial charge is 0.497 e. The molecule has 28 heavy (non-hydrogen) atoms. The molecular formula is C23H26N4O. The third-order valence-electron chi connectivity index (χ3n) is 5.56. The molecule has 5 nitrogen and oxygen atoms in total. The Kier molecular flexibility index (Phi) is 5.15. The van der Waals surface area contributed by atoms with E-state index in [4.69, 9.17) is 21.2 Å². The SMILES string of the molecule is COc1cccc(-c2nc(-c3ccc(C4CCCCC4)cc3)nc(N)c2N)c1. The van der Waals surface area contributed by atoms with Crippen molar-refractivity contribution in [1.82, 2.24) is 9.97 Å². The van der Waals surface area contributed by atoms with Crippen LogP contribution in [-0.4, -0.2) is 17.1 Å². The number of benzene rings is 2. The molecule has 0 spiro atoms. The lowest BCUT2D eigenvalue weighted by molar-refractivity contribution is 0.415. The van der Waals surface area contributed by atoms with Crippen LogP contribution in [0.5, 0.6) is 5.75 Å². The summed E-state index contributed by atoms with van der Waals surface area (Å²) in [5.41, 5.74) is 16.5. The van der Waals surface area contributed by atoms with Crippen LogP contribution >= 0.6 is 0 Å². The molecular weight excluding hydrogens is 348 g/mol. The number of nitrogens with two attached hydrogens (primary N) is 2. The second-order valence-corrected chi connectivity index (χ2v) is 7.38. The fraction of sp³-hybridized carbons (Fsp3) is 0.304. The van der Waals surface area contributed by atoms with Crippen LogP contribution in [0, 0.1) is 0 Å². The van der Waals surface area contributed by atoms with Crippen molar-refractivity contribution in [3.05, 3.63) is 54.1 Å². The first-order valence-electron chi connectivity index (χ1n) is 9.83. The Labute approximate surface area is 165 Å². The van der Waals surface area contributed by atoms with Gasteiger partial charge in [-0.2, -0.15) is 0 Å². The van der Waals surface area contributed by atoms with Gasteiger partial charge in [-0.3, -0.25) is 0 Å². The van der Waals surface area contributed by atoms with Gasteiger partial charge in [0, 0.05) is 11.1 Å². The molecule has 0 amide bonds. The maximum atomic E-state index is 6.18. The van der Waals surface area contributed by atoms with Crippen LogP contribution in [0.25, 0.3) is 22.6 Å². The second-order valence-electron chi connectivity index (χ2n) is 7.38. The van der Waals surface area contributed by atoms with E-state index in [0.717, 1.165) is 16.9 Å². The summed E-state index contributed by atoms with van der Waals surface area (Å²) in [6.45, 7) is 0. The first kappa shape index (κ1) is 18.3. The van der Waals surface area contributed by atoms with E-state index >= 15 is 0 Å². The monoisotopic (exact) mass is 374 g/mol. The summed E-state index contributed by atoms with van der Waals surface area (Å²) >= 11 is 0. The Morgan fingerprint density at radius 3 is 2.36 bits per heavy atom. The van der Waals surface area contributed by atoms with Gasteiger partial charge in [0.1, 0.15) is 11.4 Å². The zero-order valence-electron chi connectivity index (χ0n) is 16.2.